The molecule has 2 rings (SSSR count). The number of anilines is 1. The Labute approximate surface area is 131 Å². The Balaban J connectivity index is 2.05. The lowest BCUT2D eigenvalue weighted by atomic mass is 10.2. The highest BCUT2D eigenvalue weighted by molar-refractivity contribution is 9.10. The first-order valence-electron chi connectivity index (χ1n) is 5.76. The molecule has 0 spiro atoms. The van der Waals surface area contributed by atoms with Crippen LogP contribution in [0.15, 0.2) is 57.9 Å². The second kappa shape index (κ2) is 6.53. The van der Waals surface area contributed by atoms with Crippen molar-refractivity contribution < 1.29 is 18.0 Å². The third kappa shape index (κ3) is 5.09. The Morgan fingerprint density at radius 2 is 1.76 bits per heavy atom. The lowest BCUT2D eigenvalue weighted by Crippen LogP contribution is -2.11. The number of halogens is 4. The molecule has 0 aliphatic carbocycles. The summed E-state index contributed by atoms with van der Waals surface area (Å²) < 4.78 is 37.4. The maximum atomic E-state index is 12.2. The van der Waals surface area contributed by atoms with Crippen molar-refractivity contribution in [2.24, 2.45) is 0 Å². The molecule has 0 aliphatic heterocycles. The van der Waals surface area contributed by atoms with Gasteiger partial charge in [0.1, 0.15) is 0 Å². The van der Waals surface area contributed by atoms with Crippen LogP contribution in [0.5, 0.6) is 0 Å². The summed E-state index contributed by atoms with van der Waals surface area (Å²) in [6.45, 7) is 0. The topological polar surface area (TPSA) is 29.1 Å². The van der Waals surface area contributed by atoms with Crippen LogP contribution in [0.25, 0.3) is 0 Å². The summed E-state index contributed by atoms with van der Waals surface area (Å²) >= 11 is 3.07. The largest absolute Gasteiger partial charge is 0.446 e. The summed E-state index contributed by atoms with van der Waals surface area (Å²) in [6, 6.07) is 12.3. The van der Waals surface area contributed by atoms with E-state index in [9.17, 15) is 18.0 Å². The minimum atomic E-state index is -4.32. The molecule has 7 heteroatoms. The molecular formula is C14H9BrF3NOS. The van der Waals surface area contributed by atoms with Crippen LogP contribution in [0.1, 0.15) is 10.4 Å². The smallest absolute Gasteiger partial charge is 0.322 e. The summed E-state index contributed by atoms with van der Waals surface area (Å²) in [5.74, 6) is -0.326. The second-order valence-corrected chi connectivity index (χ2v) is 6.09. The van der Waals surface area contributed by atoms with E-state index in [2.05, 4.69) is 21.2 Å². The van der Waals surface area contributed by atoms with Crippen LogP contribution >= 0.6 is 27.7 Å². The first kappa shape index (κ1) is 15.9. The van der Waals surface area contributed by atoms with Gasteiger partial charge in [0.2, 0.25) is 0 Å². The van der Waals surface area contributed by atoms with Crippen molar-refractivity contribution in [3.8, 4) is 0 Å². The fourth-order valence-corrected chi connectivity index (χ4v) is 2.51. The molecule has 1 amide bonds. The first-order valence-corrected chi connectivity index (χ1v) is 7.37. The number of nitrogens with one attached hydrogen (secondary N) is 1. The molecule has 0 fully saturated rings. The molecule has 0 aliphatic rings. The van der Waals surface area contributed by atoms with E-state index in [1.807, 2.05) is 0 Å². The number of hydrogen-bond donors (Lipinski definition) is 1. The van der Waals surface area contributed by atoms with Crippen molar-refractivity contribution in [2.75, 3.05) is 5.32 Å². The van der Waals surface area contributed by atoms with E-state index in [4.69, 9.17) is 0 Å². The number of rotatable bonds is 3. The maximum Gasteiger partial charge on any atom is 0.446 e. The van der Waals surface area contributed by atoms with Crippen molar-refractivity contribution >= 4 is 39.3 Å². The van der Waals surface area contributed by atoms with E-state index >= 15 is 0 Å². The van der Waals surface area contributed by atoms with Crippen molar-refractivity contribution in [2.45, 2.75) is 10.4 Å². The minimum Gasteiger partial charge on any atom is -0.322 e. The molecule has 0 saturated carbocycles. The average Bonchev–Trinajstić information content (AvgIpc) is 2.39. The molecule has 0 heterocycles. The number of thioether (sulfide) groups is 1. The number of carbonyl (C=O) groups is 1. The zero-order valence-corrected chi connectivity index (χ0v) is 12.8. The van der Waals surface area contributed by atoms with Crippen molar-refractivity contribution in [3.05, 3.63) is 58.6 Å². The highest BCUT2D eigenvalue weighted by Crippen LogP contribution is 2.37. The summed E-state index contributed by atoms with van der Waals surface area (Å²) in [5.41, 5.74) is -3.43. The summed E-state index contributed by atoms with van der Waals surface area (Å²) in [4.78, 5) is 12.0. The van der Waals surface area contributed by atoms with Crippen molar-refractivity contribution in [1.82, 2.24) is 0 Å². The van der Waals surface area contributed by atoms with Gasteiger partial charge in [-0.15, -0.1) is 0 Å². The third-order valence-electron chi connectivity index (χ3n) is 2.43. The molecule has 2 nitrogen and oxygen atoms in total. The number of hydrogen-bond acceptors (Lipinski definition) is 2. The van der Waals surface area contributed by atoms with Crippen molar-refractivity contribution in [1.29, 1.82) is 0 Å². The van der Waals surface area contributed by atoms with Gasteiger partial charge in [0, 0.05) is 20.6 Å². The number of carbonyl (C=O) groups excluding carboxylic acids is 1. The van der Waals surface area contributed by atoms with Gasteiger partial charge in [0.25, 0.3) is 5.91 Å². The normalized spacial score (nSPS) is 11.2. The van der Waals surface area contributed by atoms with E-state index < -0.39 is 5.51 Å². The SMILES string of the molecule is O=C(Nc1ccc(SC(F)(F)F)cc1)c1cccc(Br)c1. The zero-order valence-electron chi connectivity index (χ0n) is 10.4. The van der Waals surface area contributed by atoms with Gasteiger partial charge in [-0.25, -0.2) is 0 Å². The van der Waals surface area contributed by atoms with Crippen LogP contribution in [-0.4, -0.2) is 11.4 Å². The number of amides is 1. The molecule has 2 aromatic carbocycles. The number of alkyl halides is 3. The summed E-state index contributed by atoms with van der Waals surface area (Å²) in [6.07, 6.45) is 0. The maximum absolute atomic E-state index is 12.2. The molecule has 0 saturated heterocycles. The molecule has 1 N–H and O–H groups in total. The van der Waals surface area contributed by atoms with Gasteiger partial charge in [-0.05, 0) is 54.2 Å². The quantitative estimate of drug-likeness (QED) is 0.736. The Hall–Kier alpha value is -1.47. The predicted molar refractivity (Wildman–Crippen MR) is 80.4 cm³/mol. The van der Waals surface area contributed by atoms with Gasteiger partial charge in [-0.2, -0.15) is 13.2 Å². The van der Waals surface area contributed by atoms with Gasteiger partial charge < -0.3 is 5.32 Å². The molecule has 0 bridgehead atoms. The van der Waals surface area contributed by atoms with E-state index in [1.165, 1.54) is 24.3 Å². The third-order valence-corrected chi connectivity index (χ3v) is 3.67. The van der Waals surface area contributed by atoms with Gasteiger partial charge in [-0.1, -0.05) is 22.0 Å². The van der Waals surface area contributed by atoms with E-state index in [0.29, 0.717) is 11.3 Å². The first-order chi connectivity index (χ1) is 9.83. The highest BCUT2D eigenvalue weighted by atomic mass is 79.9. The molecule has 21 heavy (non-hydrogen) atoms. The standard InChI is InChI=1S/C14H9BrF3NOS/c15-10-3-1-2-9(8-10)13(20)19-11-4-6-12(7-5-11)21-14(16,17)18/h1-8H,(H,19,20). The average molecular weight is 376 g/mol. The molecular weight excluding hydrogens is 367 g/mol. The fourth-order valence-electron chi connectivity index (χ4n) is 1.57. The van der Waals surface area contributed by atoms with Crippen LogP contribution in [0.2, 0.25) is 0 Å². The highest BCUT2D eigenvalue weighted by Gasteiger charge is 2.29. The molecule has 0 aromatic heterocycles. The second-order valence-electron chi connectivity index (χ2n) is 4.04. The van der Waals surface area contributed by atoms with Crippen LogP contribution in [0.3, 0.4) is 0 Å². The Kier molecular flexibility index (Phi) is 4.95. The molecule has 2 aromatic rings. The minimum absolute atomic E-state index is 0.0722. The monoisotopic (exact) mass is 375 g/mol. The zero-order chi connectivity index (χ0) is 15.5. The fraction of sp³-hybridized carbons (Fsp3) is 0.0714. The number of benzene rings is 2. The molecule has 110 valence electrons. The lowest BCUT2D eigenvalue weighted by molar-refractivity contribution is -0.0328. The van der Waals surface area contributed by atoms with E-state index in [1.54, 1.807) is 24.3 Å². The van der Waals surface area contributed by atoms with Gasteiger partial charge in [0.15, 0.2) is 0 Å². The summed E-state index contributed by atoms with van der Waals surface area (Å²) in [7, 11) is 0. The Morgan fingerprint density at radius 3 is 2.33 bits per heavy atom. The van der Waals surface area contributed by atoms with Gasteiger partial charge in [0.05, 0.1) is 0 Å². The molecule has 0 unspecified atom stereocenters. The van der Waals surface area contributed by atoms with Crippen LogP contribution in [0, 0.1) is 0 Å². The van der Waals surface area contributed by atoms with E-state index in [0.717, 1.165) is 4.47 Å². The van der Waals surface area contributed by atoms with Gasteiger partial charge >= 0.3 is 5.51 Å². The molecule has 0 atom stereocenters. The van der Waals surface area contributed by atoms with Crippen LogP contribution in [0.4, 0.5) is 18.9 Å². The van der Waals surface area contributed by atoms with E-state index in [-0.39, 0.29) is 22.6 Å². The van der Waals surface area contributed by atoms with Crippen LogP contribution in [-0.2, 0) is 0 Å². The Bertz CT molecular complexity index is 643. The van der Waals surface area contributed by atoms with Crippen molar-refractivity contribution in [3.63, 3.8) is 0 Å². The van der Waals surface area contributed by atoms with Crippen LogP contribution < -0.4 is 5.32 Å². The lowest BCUT2D eigenvalue weighted by Gasteiger charge is -2.08. The summed E-state index contributed by atoms with van der Waals surface area (Å²) in [5, 5.41) is 2.63. The molecule has 0 radical (unpaired) electrons. The Morgan fingerprint density at radius 1 is 1.10 bits per heavy atom. The predicted octanol–water partition coefficient (Wildman–Crippen LogP) is 5.31. The van der Waals surface area contributed by atoms with Gasteiger partial charge in [-0.3, -0.25) is 4.79 Å².